The number of rotatable bonds is 6. The molecule has 0 saturated heterocycles. The number of nitrogens with zero attached hydrogens (tertiary/aromatic N) is 2. The number of benzene rings is 1. The zero-order valence-corrected chi connectivity index (χ0v) is 14.6. The number of aromatic nitrogens is 3. The first-order valence-electron chi connectivity index (χ1n) is 7.17. The van der Waals surface area contributed by atoms with Crippen molar-refractivity contribution in [1.29, 1.82) is 0 Å². The molecule has 0 fully saturated rings. The van der Waals surface area contributed by atoms with Gasteiger partial charge < -0.3 is 5.32 Å². The highest BCUT2D eigenvalue weighted by molar-refractivity contribution is 7.99. The average Bonchev–Trinajstić information content (AvgIpc) is 2.87. The molecule has 1 heterocycles. The summed E-state index contributed by atoms with van der Waals surface area (Å²) in [4.78, 5) is 23.5. The molecule has 0 saturated carbocycles. The molecule has 2 rings (SSSR count). The van der Waals surface area contributed by atoms with E-state index in [0.717, 1.165) is 23.9 Å². The number of halogens is 4. The lowest BCUT2D eigenvalue weighted by atomic mass is 10.2. The first-order valence-corrected chi connectivity index (χ1v) is 8.53. The van der Waals surface area contributed by atoms with Gasteiger partial charge in [-0.1, -0.05) is 30.3 Å². The fourth-order valence-corrected chi connectivity index (χ4v) is 2.98. The fourth-order valence-electron chi connectivity index (χ4n) is 1.98. The predicted molar refractivity (Wildman–Crippen MR) is 88.9 cm³/mol. The number of amides is 1. The van der Waals surface area contributed by atoms with Gasteiger partial charge in [0.15, 0.2) is 5.16 Å². The van der Waals surface area contributed by atoms with Crippen molar-refractivity contribution in [2.75, 3.05) is 11.1 Å². The van der Waals surface area contributed by atoms with Gasteiger partial charge in [-0.3, -0.25) is 9.36 Å². The van der Waals surface area contributed by atoms with Crippen LogP contribution in [0.25, 0.3) is 0 Å². The van der Waals surface area contributed by atoms with E-state index in [9.17, 15) is 22.8 Å². The number of H-pyrrole nitrogens is 1. The molecule has 1 amide bonds. The Hall–Kier alpha value is -1.94. The number of carbonyl (C=O) groups excluding carboxylic acids is 1. The fraction of sp³-hybridized carbons (Fsp3) is 0.357. The van der Waals surface area contributed by atoms with Crippen molar-refractivity contribution >= 4 is 35.0 Å². The third kappa shape index (κ3) is 5.02. The van der Waals surface area contributed by atoms with Gasteiger partial charge in [0.25, 0.3) is 0 Å². The van der Waals surface area contributed by atoms with Gasteiger partial charge in [-0.2, -0.15) is 13.2 Å². The van der Waals surface area contributed by atoms with Crippen LogP contribution in [0.5, 0.6) is 0 Å². The topological polar surface area (TPSA) is 79.8 Å². The van der Waals surface area contributed by atoms with Crippen LogP contribution in [0.1, 0.15) is 18.9 Å². The van der Waals surface area contributed by atoms with Crippen LogP contribution in [-0.4, -0.2) is 26.4 Å². The third-order valence-electron chi connectivity index (χ3n) is 3.06. The molecule has 0 aliphatic rings. The zero-order chi connectivity index (χ0) is 18.6. The summed E-state index contributed by atoms with van der Waals surface area (Å²) in [6.45, 7) is 2.34. The second-order valence-corrected chi connectivity index (χ2v) is 6.34. The number of hydrogen-bond donors (Lipinski definition) is 2. The first kappa shape index (κ1) is 19.4. The van der Waals surface area contributed by atoms with Crippen LogP contribution in [0, 0.1) is 0 Å². The van der Waals surface area contributed by atoms with Crippen molar-refractivity contribution < 1.29 is 18.0 Å². The minimum Gasteiger partial charge on any atom is -0.325 e. The summed E-state index contributed by atoms with van der Waals surface area (Å²) < 4.78 is 39.8. The number of alkyl halides is 3. The molecule has 1 aromatic heterocycles. The van der Waals surface area contributed by atoms with Gasteiger partial charge >= 0.3 is 11.9 Å². The molecule has 1 aromatic carbocycles. The molecule has 0 radical (unpaired) electrons. The minimum atomic E-state index is -4.61. The smallest absolute Gasteiger partial charge is 0.325 e. The molecule has 0 aliphatic heterocycles. The highest BCUT2D eigenvalue weighted by Crippen LogP contribution is 2.36. The van der Waals surface area contributed by atoms with E-state index in [1.807, 2.05) is 6.92 Å². The Balaban J connectivity index is 2.03. The number of thioether (sulfide) groups is 1. The largest absolute Gasteiger partial charge is 0.417 e. The summed E-state index contributed by atoms with van der Waals surface area (Å²) in [5.74, 6) is -0.642. The average molecular weight is 395 g/mol. The summed E-state index contributed by atoms with van der Waals surface area (Å²) in [7, 11) is 0. The Bertz CT molecular complexity index is 819. The highest BCUT2D eigenvalue weighted by atomic mass is 35.5. The van der Waals surface area contributed by atoms with Gasteiger partial charge in [0, 0.05) is 12.2 Å². The lowest BCUT2D eigenvalue weighted by Crippen LogP contribution is -2.18. The van der Waals surface area contributed by atoms with Gasteiger partial charge in [0.05, 0.1) is 16.3 Å². The summed E-state index contributed by atoms with van der Waals surface area (Å²) in [6, 6.07) is 3.12. The monoisotopic (exact) mass is 394 g/mol. The van der Waals surface area contributed by atoms with Crippen LogP contribution in [-0.2, 0) is 17.5 Å². The standard InChI is InChI=1S/C14H14ClF3N4O2S/c1-2-5-22-12(24)20-21-13(22)25-7-11(23)19-8-3-4-10(15)9(6-8)14(16,17)18/h3-4,6H,2,5,7H2,1H3,(H,19,23)(H,20,24). The Morgan fingerprint density at radius 2 is 2.16 bits per heavy atom. The van der Waals surface area contributed by atoms with Crippen LogP contribution in [0.15, 0.2) is 28.2 Å². The number of nitrogens with one attached hydrogen (secondary N) is 2. The van der Waals surface area contributed by atoms with E-state index in [4.69, 9.17) is 11.6 Å². The summed E-state index contributed by atoms with van der Waals surface area (Å²) >= 11 is 6.54. The van der Waals surface area contributed by atoms with Gasteiger partial charge in [-0.05, 0) is 24.6 Å². The van der Waals surface area contributed by atoms with E-state index in [1.165, 1.54) is 10.6 Å². The molecular formula is C14H14ClF3N4O2S. The maximum Gasteiger partial charge on any atom is 0.417 e. The molecule has 2 N–H and O–H groups in total. The van der Waals surface area contributed by atoms with Gasteiger partial charge in [-0.15, -0.1) is 5.10 Å². The molecule has 0 aliphatic carbocycles. The van der Waals surface area contributed by atoms with Crippen molar-refractivity contribution in [3.63, 3.8) is 0 Å². The van der Waals surface area contributed by atoms with Crippen LogP contribution < -0.4 is 11.0 Å². The summed E-state index contributed by atoms with van der Waals surface area (Å²) in [6.07, 6.45) is -3.90. The van der Waals surface area contributed by atoms with Crippen LogP contribution >= 0.6 is 23.4 Å². The van der Waals surface area contributed by atoms with Crippen molar-refractivity contribution in [3.8, 4) is 0 Å². The Morgan fingerprint density at radius 1 is 1.44 bits per heavy atom. The van der Waals surface area contributed by atoms with Crippen LogP contribution in [0.4, 0.5) is 18.9 Å². The maximum atomic E-state index is 12.8. The van der Waals surface area contributed by atoms with Crippen LogP contribution in [0.2, 0.25) is 5.02 Å². The first-order chi connectivity index (χ1) is 11.7. The van der Waals surface area contributed by atoms with Crippen molar-refractivity contribution in [3.05, 3.63) is 39.3 Å². The quantitative estimate of drug-likeness (QED) is 0.736. The third-order valence-corrected chi connectivity index (χ3v) is 4.36. The second-order valence-electron chi connectivity index (χ2n) is 4.99. The van der Waals surface area contributed by atoms with Gasteiger partial charge in [0.1, 0.15) is 0 Å². The molecule has 6 nitrogen and oxygen atoms in total. The second kappa shape index (κ2) is 7.96. The van der Waals surface area contributed by atoms with Crippen molar-refractivity contribution in [1.82, 2.24) is 14.8 Å². The lowest BCUT2D eigenvalue weighted by molar-refractivity contribution is -0.137. The molecule has 0 bridgehead atoms. The highest BCUT2D eigenvalue weighted by Gasteiger charge is 2.33. The van der Waals surface area contributed by atoms with E-state index >= 15 is 0 Å². The molecular weight excluding hydrogens is 381 g/mol. The number of carbonyl (C=O) groups is 1. The Kier molecular flexibility index (Phi) is 6.17. The summed E-state index contributed by atoms with van der Waals surface area (Å²) in [5.41, 5.74) is -1.42. The molecule has 2 aromatic rings. The molecule has 11 heteroatoms. The SMILES string of the molecule is CCCn1c(SCC(=O)Nc2ccc(Cl)c(C(F)(F)F)c2)n[nH]c1=O. The zero-order valence-electron chi connectivity index (χ0n) is 13.0. The Labute approximate surface area is 149 Å². The lowest BCUT2D eigenvalue weighted by Gasteiger charge is -2.11. The number of hydrogen-bond acceptors (Lipinski definition) is 4. The normalized spacial score (nSPS) is 11.6. The maximum absolute atomic E-state index is 12.8. The van der Waals surface area contributed by atoms with E-state index in [0.29, 0.717) is 18.1 Å². The van der Waals surface area contributed by atoms with E-state index < -0.39 is 22.7 Å². The summed E-state index contributed by atoms with van der Waals surface area (Å²) in [5, 5.41) is 8.37. The molecule has 25 heavy (non-hydrogen) atoms. The Morgan fingerprint density at radius 3 is 2.80 bits per heavy atom. The van der Waals surface area contributed by atoms with Gasteiger partial charge in [-0.25, -0.2) is 9.89 Å². The number of anilines is 1. The molecule has 0 spiro atoms. The molecule has 136 valence electrons. The number of aromatic amines is 1. The minimum absolute atomic E-state index is 0.0182. The van der Waals surface area contributed by atoms with Crippen molar-refractivity contribution in [2.45, 2.75) is 31.2 Å². The van der Waals surface area contributed by atoms with E-state index in [1.54, 1.807) is 0 Å². The van der Waals surface area contributed by atoms with Gasteiger partial charge in [0.2, 0.25) is 5.91 Å². The van der Waals surface area contributed by atoms with E-state index in [2.05, 4.69) is 15.5 Å². The molecule has 0 atom stereocenters. The molecule has 0 unspecified atom stereocenters. The predicted octanol–water partition coefficient (Wildman–Crippen LogP) is 3.38. The van der Waals surface area contributed by atoms with Crippen molar-refractivity contribution in [2.24, 2.45) is 0 Å². The van der Waals surface area contributed by atoms with Crippen LogP contribution in [0.3, 0.4) is 0 Å². The van der Waals surface area contributed by atoms with E-state index in [-0.39, 0.29) is 17.1 Å².